The van der Waals surface area contributed by atoms with Crippen LogP contribution in [-0.4, -0.2) is 16.1 Å². The monoisotopic (exact) mass is 216 g/mol. The lowest BCUT2D eigenvalue weighted by atomic mass is 10.3. The van der Waals surface area contributed by atoms with Crippen LogP contribution in [0.5, 0.6) is 0 Å². The minimum Gasteiger partial charge on any atom is -0.299 e. The molecule has 1 aromatic heterocycles. The van der Waals surface area contributed by atoms with E-state index in [1.54, 1.807) is 36.5 Å². The van der Waals surface area contributed by atoms with Crippen LogP contribution >= 0.6 is 0 Å². The maximum Gasteiger partial charge on any atom is 0.148 e. The second-order valence-electron chi connectivity index (χ2n) is 3.13. The first-order valence-electron chi connectivity index (χ1n) is 4.73. The van der Waals surface area contributed by atoms with Gasteiger partial charge in [0.15, 0.2) is 0 Å². The summed E-state index contributed by atoms with van der Waals surface area (Å²) in [7, 11) is 0. The second-order valence-corrected chi connectivity index (χ2v) is 3.13. The van der Waals surface area contributed by atoms with Crippen LogP contribution in [0.1, 0.15) is 5.69 Å². The first kappa shape index (κ1) is 10.3. The molecule has 0 atom stereocenters. The van der Waals surface area contributed by atoms with E-state index < -0.39 is 0 Å². The van der Waals surface area contributed by atoms with Gasteiger partial charge >= 0.3 is 0 Å². The van der Waals surface area contributed by atoms with Crippen molar-refractivity contribution in [3.05, 3.63) is 54.1 Å². The molecule has 1 heterocycles. The van der Waals surface area contributed by atoms with Crippen molar-refractivity contribution in [3.63, 3.8) is 0 Å². The van der Waals surface area contributed by atoms with Crippen LogP contribution in [0.15, 0.2) is 42.6 Å². The van der Waals surface area contributed by atoms with Crippen molar-refractivity contribution in [2.75, 3.05) is 0 Å². The van der Waals surface area contributed by atoms with Crippen LogP contribution in [-0.2, 0) is 4.79 Å². The number of nitrogens with zero attached hydrogens (tertiary/aromatic N) is 2. The highest BCUT2D eigenvalue weighted by molar-refractivity contribution is 5.72. The standard InChI is InChI=1S/C12H9FN2O/c13-11-5-1-2-6-12(11)15-8-7-10(14-15)4-3-9-16/h1-9H/b4-3+. The van der Waals surface area contributed by atoms with Gasteiger partial charge in [0.1, 0.15) is 17.8 Å². The fraction of sp³-hybridized carbons (Fsp3) is 0. The summed E-state index contributed by atoms with van der Waals surface area (Å²) >= 11 is 0. The number of benzene rings is 1. The molecule has 0 aliphatic heterocycles. The van der Waals surface area contributed by atoms with Gasteiger partial charge in [-0.15, -0.1) is 0 Å². The van der Waals surface area contributed by atoms with E-state index in [1.165, 1.54) is 16.8 Å². The van der Waals surface area contributed by atoms with Gasteiger partial charge in [-0.3, -0.25) is 4.79 Å². The van der Waals surface area contributed by atoms with Crippen molar-refractivity contribution in [3.8, 4) is 5.69 Å². The zero-order valence-corrected chi connectivity index (χ0v) is 8.38. The molecule has 0 N–H and O–H groups in total. The van der Waals surface area contributed by atoms with Gasteiger partial charge in [0, 0.05) is 6.20 Å². The smallest absolute Gasteiger partial charge is 0.148 e. The van der Waals surface area contributed by atoms with Crippen molar-refractivity contribution >= 4 is 12.4 Å². The number of allylic oxidation sites excluding steroid dienone is 1. The van der Waals surface area contributed by atoms with Gasteiger partial charge in [-0.2, -0.15) is 5.10 Å². The Bertz CT molecular complexity index is 531. The Hall–Kier alpha value is -2.23. The Balaban J connectivity index is 2.35. The Morgan fingerprint density at radius 3 is 2.81 bits per heavy atom. The van der Waals surface area contributed by atoms with Gasteiger partial charge in [0.25, 0.3) is 0 Å². The predicted molar refractivity (Wildman–Crippen MR) is 58.6 cm³/mol. The Morgan fingerprint density at radius 2 is 2.06 bits per heavy atom. The van der Waals surface area contributed by atoms with Crippen LogP contribution in [0.4, 0.5) is 4.39 Å². The lowest BCUT2D eigenvalue weighted by Gasteiger charge is -2.01. The first-order valence-corrected chi connectivity index (χ1v) is 4.73. The second kappa shape index (κ2) is 4.53. The molecule has 2 aromatic rings. The van der Waals surface area contributed by atoms with Gasteiger partial charge in [0.2, 0.25) is 0 Å². The van der Waals surface area contributed by atoms with Crippen LogP contribution in [0.3, 0.4) is 0 Å². The topological polar surface area (TPSA) is 34.9 Å². The number of carbonyl (C=O) groups is 1. The zero-order valence-electron chi connectivity index (χ0n) is 8.38. The highest BCUT2D eigenvalue weighted by Gasteiger charge is 2.03. The van der Waals surface area contributed by atoms with E-state index in [2.05, 4.69) is 5.10 Å². The summed E-state index contributed by atoms with van der Waals surface area (Å²) in [4.78, 5) is 10.1. The number of aldehydes is 1. The number of hydrogen-bond acceptors (Lipinski definition) is 2. The molecule has 0 fully saturated rings. The molecule has 0 radical (unpaired) electrons. The highest BCUT2D eigenvalue weighted by atomic mass is 19.1. The Kier molecular flexibility index (Phi) is 2.91. The fourth-order valence-corrected chi connectivity index (χ4v) is 1.34. The van der Waals surface area contributed by atoms with Crippen molar-refractivity contribution in [2.24, 2.45) is 0 Å². The molecule has 2 rings (SSSR count). The number of halogens is 1. The summed E-state index contributed by atoms with van der Waals surface area (Å²) in [6.45, 7) is 0. The molecule has 0 aliphatic carbocycles. The van der Waals surface area contributed by atoms with E-state index >= 15 is 0 Å². The summed E-state index contributed by atoms with van der Waals surface area (Å²) in [6.07, 6.45) is 5.21. The molecule has 0 amide bonds. The van der Waals surface area contributed by atoms with Crippen LogP contribution in [0.25, 0.3) is 11.8 Å². The Labute approximate surface area is 91.8 Å². The minimum absolute atomic E-state index is 0.337. The van der Waals surface area contributed by atoms with Gasteiger partial charge in [-0.25, -0.2) is 9.07 Å². The average Bonchev–Trinajstić information content (AvgIpc) is 2.75. The summed E-state index contributed by atoms with van der Waals surface area (Å²) in [5.74, 6) is -0.337. The molecule has 16 heavy (non-hydrogen) atoms. The maximum atomic E-state index is 13.4. The third kappa shape index (κ3) is 2.06. The van der Waals surface area contributed by atoms with E-state index in [4.69, 9.17) is 0 Å². The predicted octanol–water partition coefficient (Wildman–Crippen LogP) is 2.22. The molecule has 0 unspecified atom stereocenters. The first-order chi connectivity index (χ1) is 7.81. The van der Waals surface area contributed by atoms with E-state index in [0.29, 0.717) is 17.7 Å². The number of carbonyl (C=O) groups excluding carboxylic acids is 1. The lowest BCUT2D eigenvalue weighted by molar-refractivity contribution is -0.104. The van der Waals surface area contributed by atoms with Crippen molar-refractivity contribution in [2.45, 2.75) is 0 Å². The van der Waals surface area contributed by atoms with E-state index in [1.807, 2.05) is 0 Å². The third-order valence-electron chi connectivity index (χ3n) is 2.05. The molecular formula is C12H9FN2O. The van der Waals surface area contributed by atoms with Crippen LogP contribution in [0, 0.1) is 5.82 Å². The van der Waals surface area contributed by atoms with E-state index in [-0.39, 0.29) is 5.82 Å². The highest BCUT2D eigenvalue weighted by Crippen LogP contribution is 2.12. The Morgan fingerprint density at radius 1 is 1.25 bits per heavy atom. The largest absolute Gasteiger partial charge is 0.299 e. The molecule has 4 heteroatoms. The van der Waals surface area contributed by atoms with Gasteiger partial charge < -0.3 is 0 Å². The average molecular weight is 216 g/mol. The molecule has 0 spiro atoms. The molecule has 1 aromatic carbocycles. The fourth-order valence-electron chi connectivity index (χ4n) is 1.34. The number of hydrogen-bond donors (Lipinski definition) is 0. The zero-order chi connectivity index (χ0) is 11.4. The molecule has 0 saturated heterocycles. The van der Waals surface area contributed by atoms with Crippen molar-refractivity contribution in [1.29, 1.82) is 0 Å². The summed E-state index contributed by atoms with van der Waals surface area (Å²) in [5, 5.41) is 4.11. The van der Waals surface area contributed by atoms with Crippen molar-refractivity contribution in [1.82, 2.24) is 9.78 Å². The molecule has 0 bridgehead atoms. The van der Waals surface area contributed by atoms with E-state index in [0.717, 1.165) is 0 Å². The normalized spacial score (nSPS) is 10.8. The molecule has 0 saturated carbocycles. The molecule has 0 aliphatic rings. The van der Waals surface area contributed by atoms with Crippen LogP contribution < -0.4 is 0 Å². The van der Waals surface area contributed by atoms with Gasteiger partial charge in [0.05, 0.1) is 5.69 Å². The maximum absolute atomic E-state index is 13.4. The quantitative estimate of drug-likeness (QED) is 0.582. The minimum atomic E-state index is -0.337. The van der Waals surface area contributed by atoms with E-state index in [9.17, 15) is 9.18 Å². The molecular weight excluding hydrogens is 207 g/mol. The van der Waals surface area contributed by atoms with Gasteiger partial charge in [-0.05, 0) is 30.4 Å². The van der Waals surface area contributed by atoms with Crippen molar-refractivity contribution < 1.29 is 9.18 Å². The van der Waals surface area contributed by atoms with Crippen LogP contribution in [0.2, 0.25) is 0 Å². The summed E-state index contributed by atoms with van der Waals surface area (Å²) in [6, 6.07) is 8.07. The molecule has 80 valence electrons. The number of aromatic nitrogens is 2. The molecule has 3 nitrogen and oxygen atoms in total. The summed E-state index contributed by atoms with van der Waals surface area (Å²) < 4.78 is 14.8. The third-order valence-corrected chi connectivity index (χ3v) is 2.05. The summed E-state index contributed by atoms with van der Waals surface area (Å²) in [5.41, 5.74) is 0.989. The lowest BCUT2D eigenvalue weighted by Crippen LogP contribution is -1.97. The SMILES string of the molecule is O=C/C=C/c1ccn(-c2ccccc2F)n1. The number of rotatable bonds is 3. The number of para-hydroxylation sites is 1. The van der Waals surface area contributed by atoms with Gasteiger partial charge in [-0.1, -0.05) is 12.1 Å².